The van der Waals surface area contributed by atoms with Crippen LogP contribution in [0.15, 0.2) is 48.7 Å². The third kappa shape index (κ3) is 2.28. The minimum atomic E-state index is 0.143. The van der Waals surface area contributed by atoms with Crippen LogP contribution in [0.3, 0.4) is 0 Å². The van der Waals surface area contributed by atoms with Crippen LogP contribution in [0, 0.1) is 0 Å². The molecule has 0 fully saturated rings. The first kappa shape index (κ1) is 9.99. The molecule has 0 radical (unpaired) electrons. The molecule has 0 atom stereocenters. The van der Waals surface area contributed by atoms with Crippen LogP contribution in [-0.4, -0.2) is 11.1 Å². The Kier molecular flexibility index (Phi) is 3.20. The standard InChI is InChI=1S/C12H10ClNO/c13-9-15-12-7-2-1-5-10(12)11-6-3-4-8-14-11/h1-8H,9H2. The average Bonchev–Trinajstić information content (AvgIpc) is 2.31. The van der Waals surface area contributed by atoms with E-state index in [0.29, 0.717) is 0 Å². The molecule has 0 amide bonds. The highest BCUT2D eigenvalue weighted by Gasteiger charge is 2.05. The normalized spacial score (nSPS) is 9.93. The Morgan fingerprint density at radius 1 is 1.07 bits per heavy atom. The smallest absolute Gasteiger partial charge is 0.162 e. The molecule has 0 N–H and O–H groups in total. The Balaban J connectivity index is 2.43. The number of benzene rings is 1. The molecule has 1 aromatic heterocycles. The van der Waals surface area contributed by atoms with E-state index >= 15 is 0 Å². The van der Waals surface area contributed by atoms with Crippen molar-refractivity contribution < 1.29 is 4.74 Å². The summed E-state index contributed by atoms with van der Waals surface area (Å²) in [5.41, 5.74) is 1.84. The van der Waals surface area contributed by atoms with Gasteiger partial charge in [0, 0.05) is 11.8 Å². The van der Waals surface area contributed by atoms with Crippen molar-refractivity contribution in [2.75, 3.05) is 6.07 Å². The van der Waals surface area contributed by atoms with E-state index in [-0.39, 0.29) is 6.07 Å². The Hall–Kier alpha value is -1.54. The second-order valence-corrected chi connectivity index (χ2v) is 3.18. The van der Waals surface area contributed by atoms with Gasteiger partial charge in [-0.25, -0.2) is 0 Å². The zero-order valence-corrected chi connectivity index (χ0v) is 8.82. The predicted molar refractivity (Wildman–Crippen MR) is 61.0 cm³/mol. The van der Waals surface area contributed by atoms with E-state index in [9.17, 15) is 0 Å². The summed E-state index contributed by atoms with van der Waals surface area (Å²) in [6.07, 6.45) is 1.76. The third-order valence-electron chi connectivity index (χ3n) is 2.04. The fraction of sp³-hybridized carbons (Fsp3) is 0.0833. The number of nitrogens with zero attached hydrogens (tertiary/aromatic N) is 1. The second-order valence-electron chi connectivity index (χ2n) is 2.96. The van der Waals surface area contributed by atoms with Crippen LogP contribution in [0.4, 0.5) is 0 Å². The van der Waals surface area contributed by atoms with Crippen molar-refractivity contribution in [3.63, 3.8) is 0 Å². The molecule has 0 aliphatic heterocycles. The van der Waals surface area contributed by atoms with Gasteiger partial charge in [-0.3, -0.25) is 4.98 Å². The Morgan fingerprint density at radius 2 is 1.87 bits per heavy atom. The lowest BCUT2D eigenvalue weighted by Crippen LogP contribution is -1.92. The highest BCUT2D eigenvalue weighted by Crippen LogP contribution is 2.27. The minimum absolute atomic E-state index is 0.143. The fourth-order valence-electron chi connectivity index (χ4n) is 1.38. The van der Waals surface area contributed by atoms with Crippen LogP contribution < -0.4 is 4.74 Å². The SMILES string of the molecule is ClCOc1ccccc1-c1ccccn1. The van der Waals surface area contributed by atoms with E-state index in [4.69, 9.17) is 16.3 Å². The number of aromatic nitrogens is 1. The number of rotatable bonds is 3. The van der Waals surface area contributed by atoms with Gasteiger partial charge in [-0.15, -0.1) is 0 Å². The maximum Gasteiger partial charge on any atom is 0.162 e. The van der Waals surface area contributed by atoms with Gasteiger partial charge in [0.25, 0.3) is 0 Å². The summed E-state index contributed by atoms with van der Waals surface area (Å²) in [5.74, 6) is 0.756. The quantitative estimate of drug-likeness (QED) is 0.739. The molecular weight excluding hydrogens is 210 g/mol. The van der Waals surface area contributed by atoms with Gasteiger partial charge in [0.1, 0.15) is 5.75 Å². The largest absolute Gasteiger partial charge is 0.477 e. The van der Waals surface area contributed by atoms with Gasteiger partial charge in [-0.2, -0.15) is 0 Å². The molecule has 0 aliphatic carbocycles. The summed E-state index contributed by atoms with van der Waals surface area (Å²) < 4.78 is 5.32. The van der Waals surface area contributed by atoms with Crippen molar-refractivity contribution in [1.29, 1.82) is 0 Å². The van der Waals surface area contributed by atoms with Crippen molar-refractivity contribution in [2.24, 2.45) is 0 Å². The highest BCUT2D eigenvalue weighted by molar-refractivity contribution is 6.17. The van der Waals surface area contributed by atoms with Gasteiger partial charge in [0.05, 0.1) is 5.69 Å². The van der Waals surface area contributed by atoms with Gasteiger partial charge < -0.3 is 4.74 Å². The number of pyridine rings is 1. The predicted octanol–water partition coefficient (Wildman–Crippen LogP) is 3.32. The summed E-state index contributed by atoms with van der Waals surface area (Å²) in [6.45, 7) is 0. The first-order chi connectivity index (χ1) is 7.42. The van der Waals surface area contributed by atoms with E-state index in [0.717, 1.165) is 17.0 Å². The molecule has 0 aliphatic rings. The summed E-state index contributed by atoms with van der Waals surface area (Å²) >= 11 is 5.55. The van der Waals surface area contributed by atoms with Gasteiger partial charge >= 0.3 is 0 Å². The molecule has 0 unspecified atom stereocenters. The second kappa shape index (κ2) is 4.80. The zero-order chi connectivity index (χ0) is 10.5. The average molecular weight is 220 g/mol. The van der Waals surface area contributed by atoms with Crippen LogP contribution >= 0.6 is 11.6 Å². The minimum Gasteiger partial charge on any atom is -0.477 e. The number of hydrogen-bond donors (Lipinski definition) is 0. The van der Waals surface area contributed by atoms with E-state index in [1.54, 1.807) is 6.20 Å². The third-order valence-corrected chi connectivity index (χ3v) is 2.15. The lowest BCUT2D eigenvalue weighted by atomic mass is 10.1. The van der Waals surface area contributed by atoms with Crippen molar-refractivity contribution in [3.05, 3.63) is 48.7 Å². The van der Waals surface area contributed by atoms with Crippen LogP contribution in [0.25, 0.3) is 11.3 Å². The van der Waals surface area contributed by atoms with Crippen LogP contribution in [0.2, 0.25) is 0 Å². The maximum absolute atomic E-state index is 5.55. The summed E-state index contributed by atoms with van der Waals surface area (Å²) in [6, 6.07) is 13.6. The van der Waals surface area contributed by atoms with Crippen molar-refractivity contribution in [1.82, 2.24) is 4.98 Å². The molecule has 2 rings (SSSR count). The summed E-state index contributed by atoms with van der Waals surface area (Å²) in [5, 5.41) is 0. The molecule has 15 heavy (non-hydrogen) atoms. The molecule has 0 saturated heterocycles. The van der Waals surface area contributed by atoms with E-state index in [1.165, 1.54) is 0 Å². The molecular formula is C12H10ClNO. The zero-order valence-electron chi connectivity index (χ0n) is 8.06. The van der Waals surface area contributed by atoms with Crippen LogP contribution in [0.5, 0.6) is 5.75 Å². The van der Waals surface area contributed by atoms with E-state index in [1.807, 2.05) is 42.5 Å². The molecule has 0 saturated carbocycles. The van der Waals surface area contributed by atoms with E-state index in [2.05, 4.69) is 4.98 Å². The first-order valence-corrected chi connectivity index (χ1v) is 5.14. The van der Waals surface area contributed by atoms with Gasteiger partial charge in [-0.1, -0.05) is 29.8 Å². The number of alkyl halides is 1. The maximum atomic E-state index is 5.55. The van der Waals surface area contributed by atoms with Gasteiger partial charge in [-0.05, 0) is 24.3 Å². The lowest BCUT2D eigenvalue weighted by Gasteiger charge is -2.07. The van der Waals surface area contributed by atoms with Gasteiger partial charge in [0.15, 0.2) is 6.07 Å². The van der Waals surface area contributed by atoms with Crippen molar-refractivity contribution >= 4 is 11.6 Å². The molecule has 1 aromatic carbocycles. The molecule has 2 aromatic rings. The number of halogens is 1. The molecule has 0 bridgehead atoms. The monoisotopic (exact) mass is 219 g/mol. The highest BCUT2D eigenvalue weighted by atomic mass is 35.5. The number of hydrogen-bond acceptors (Lipinski definition) is 2. The molecule has 1 heterocycles. The lowest BCUT2D eigenvalue weighted by molar-refractivity contribution is 0.389. The molecule has 3 heteroatoms. The molecule has 2 nitrogen and oxygen atoms in total. The van der Waals surface area contributed by atoms with Crippen LogP contribution in [0.1, 0.15) is 0 Å². The Morgan fingerprint density at radius 3 is 2.60 bits per heavy atom. The summed E-state index contributed by atoms with van der Waals surface area (Å²) in [4.78, 5) is 4.27. The number of para-hydroxylation sites is 1. The van der Waals surface area contributed by atoms with Crippen molar-refractivity contribution in [2.45, 2.75) is 0 Å². The Labute approximate surface area is 93.5 Å². The summed E-state index contributed by atoms with van der Waals surface area (Å²) in [7, 11) is 0. The molecule has 0 spiro atoms. The van der Waals surface area contributed by atoms with Crippen LogP contribution in [-0.2, 0) is 0 Å². The van der Waals surface area contributed by atoms with Gasteiger partial charge in [0.2, 0.25) is 0 Å². The Bertz CT molecular complexity index is 431. The first-order valence-electron chi connectivity index (χ1n) is 4.61. The number of ether oxygens (including phenoxy) is 1. The molecule has 76 valence electrons. The topological polar surface area (TPSA) is 22.1 Å². The fourth-order valence-corrected chi connectivity index (χ4v) is 1.50. The van der Waals surface area contributed by atoms with Crippen molar-refractivity contribution in [3.8, 4) is 17.0 Å². The van der Waals surface area contributed by atoms with E-state index < -0.39 is 0 Å².